The van der Waals surface area contributed by atoms with Gasteiger partial charge in [0.15, 0.2) is 5.96 Å². The zero-order valence-corrected chi connectivity index (χ0v) is 15.5. The van der Waals surface area contributed by atoms with Crippen molar-refractivity contribution in [2.24, 2.45) is 4.99 Å². The van der Waals surface area contributed by atoms with Crippen molar-refractivity contribution in [2.75, 3.05) is 25.5 Å². The molecule has 0 spiro atoms. The maximum absolute atomic E-state index is 11.9. The van der Waals surface area contributed by atoms with Gasteiger partial charge < -0.3 is 16.0 Å². The van der Waals surface area contributed by atoms with Crippen LogP contribution in [0.25, 0.3) is 0 Å². The minimum Gasteiger partial charge on any atom is -0.356 e. The molecular formula is C20H23ClN4O. The van der Waals surface area contributed by atoms with E-state index in [1.54, 1.807) is 7.05 Å². The fourth-order valence-electron chi connectivity index (χ4n) is 3.10. The van der Waals surface area contributed by atoms with Crippen molar-refractivity contribution in [3.05, 3.63) is 64.7 Å². The number of carbonyl (C=O) groups excluding carboxylic acids is 1. The van der Waals surface area contributed by atoms with Gasteiger partial charge >= 0.3 is 0 Å². The third-order valence-electron chi connectivity index (χ3n) is 4.47. The predicted molar refractivity (Wildman–Crippen MR) is 107 cm³/mol. The molecule has 5 nitrogen and oxygen atoms in total. The third-order valence-corrected chi connectivity index (χ3v) is 4.72. The number of anilines is 1. The van der Waals surface area contributed by atoms with E-state index in [4.69, 9.17) is 11.6 Å². The molecule has 26 heavy (non-hydrogen) atoms. The van der Waals surface area contributed by atoms with Crippen LogP contribution >= 0.6 is 11.6 Å². The molecule has 1 unspecified atom stereocenters. The number of carbonyl (C=O) groups is 1. The summed E-state index contributed by atoms with van der Waals surface area (Å²) in [7, 11) is 1.75. The zero-order chi connectivity index (χ0) is 18.4. The molecular weight excluding hydrogens is 348 g/mol. The fourth-order valence-corrected chi connectivity index (χ4v) is 3.23. The highest BCUT2D eigenvalue weighted by molar-refractivity contribution is 6.30. The highest BCUT2D eigenvalue weighted by Gasteiger charge is 2.24. The van der Waals surface area contributed by atoms with Crippen LogP contribution in [-0.4, -0.2) is 32.0 Å². The quantitative estimate of drug-likeness (QED) is 0.559. The van der Waals surface area contributed by atoms with Crippen molar-refractivity contribution >= 4 is 29.2 Å². The molecule has 6 heteroatoms. The molecule has 0 aromatic heterocycles. The Kier molecular flexibility index (Phi) is 6.12. The van der Waals surface area contributed by atoms with Crippen LogP contribution < -0.4 is 16.0 Å². The molecule has 0 aliphatic carbocycles. The summed E-state index contributed by atoms with van der Waals surface area (Å²) in [4.78, 5) is 16.2. The first-order valence-electron chi connectivity index (χ1n) is 8.73. The molecule has 1 heterocycles. The molecule has 0 fully saturated rings. The van der Waals surface area contributed by atoms with Crippen LogP contribution in [0.2, 0.25) is 5.02 Å². The van der Waals surface area contributed by atoms with E-state index >= 15 is 0 Å². The van der Waals surface area contributed by atoms with E-state index in [-0.39, 0.29) is 11.8 Å². The van der Waals surface area contributed by atoms with Crippen LogP contribution in [-0.2, 0) is 11.2 Å². The highest BCUT2D eigenvalue weighted by atomic mass is 35.5. The molecule has 1 aliphatic heterocycles. The minimum atomic E-state index is 0.0567. The van der Waals surface area contributed by atoms with Crippen molar-refractivity contribution in [1.29, 1.82) is 0 Å². The Morgan fingerprint density at radius 2 is 1.96 bits per heavy atom. The molecule has 0 saturated carbocycles. The maximum atomic E-state index is 11.9. The average Bonchev–Trinajstić information content (AvgIpc) is 2.65. The minimum absolute atomic E-state index is 0.0567. The summed E-state index contributed by atoms with van der Waals surface area (Å²) in [5.41, 5.74) is 3.28. The van der Waals surface area contributed by atoms with Crippen LogP contribution in [0.15, 0.2) is 53.5 Å². The van der Waals surface area contributed by atoms with E-state index in [0.29, 0.717) is 13.0 Å². The Bertz CT molecular complexity index is 789. The molecule has 136 valence electrons. The molecule has 0 saturated heterocycles. The van der Waals surface area contributed by atoms with Gasteiger partial charge in [-0.3, -0.25) is 9.79 Å². The van der Waals surface area contributed by atoms with Crippen LogP contribution in [0, 0.1) is 0 Å². The van der Waals surface area contributed by atoms with E-state index in [9.17, 15) is 4.79 Å². The first-order chi connectivity index (χ1) is 12.7. The Morgan fingerprint density at radius 1 is 1.19 bits per heavy atom. The molecule has 1 amide bonds. The number of amides is 1. The molecule has 1 aliphatic rings. The summed E-state index contributed by atoms with van der Waals surface area (Å²) in [6.07, 6.45) is 1.36. The standard InChI is InChI=1S/C20H23ClN4O/c1-22-20(23-11-10-14-6-8-16(21)9-7-14)24-13-15-12-19(26)25-18-5-3-2-4-17(15)18/h2-9,15H,10-13H2,1H3,(H,25,26)(H2,22,23,24). The van der Waals surface area contributed by atoms with Gasteiger partial charge in [0.1, 0.15) is 0 Å². The van der Waals surface area contributed by atoms with E-state index < -0.39 is 0 Å². The number of hydrogen-bond donors (Lipinski definition) is 3. The zero-order valence-electron chi connectivity index (χ0n) is 14.8. The van der Waals surface area contributed by atoms with Gasteiger partial charge in [-0.15, -0.1) is 0 Å². The lowest BCUT2D eigenvalue weighted by Gasteiger charge is -2.26. The van der Waals surface area contributed by atoms with Crippen molar-refractivity contribution in [3.63, 3.8) is 0 Å². The van der Waals surface area contributed by atoms with Gasteiger partial charge in [0, 0.05) is 43.2 Å². The lowest BCUT2D eigenvalue weighted by molar-refractivity contribution is -0.116. The summed E-state index contributed by atoms with van der Waals surface area (Å²) >= 11 is 5.91. The van der Waals surface area contributed by atoms with Gasteiger partial charge in [0.05, 0.1) is 0 Å². The Hall–Kier alpha value is -2.53. The summed E-state index contributed by atoms with van der Waals surface area (Å²) < 4.78 is 0. The van der Waals surface area contributed by atoms with Crippen LogP contribution in [0.1, 0.15) is 23.5 Å². The summed E-state index contributed by atoms with van der Waals surface area (Å²) in [5, 5.41) is 10.3. The van der Waals surface area contributed by atoms with Crippen LogP contribution in [0.3, 0.4) is 0 Å². The van der Waals surface area contributed by atoms with E-state index in [1.807, 2.05) is 42.5 Å². The van der Waals surface area contributed by atoms with E-state index in [1.165, 1.54) is 5.56 Å². The largest absolute Gasteiger partial charge is 0.356 e. The number of nitrogens with zero attached hydrogens (tertiary/aromatic N) is 1. The lowest BCUT2D eigenvalue weighted by Crippen LogP contribution is -2.41. The monoisotopic (exact) mass is 370 g/mol. The second kappa shape index (κ2) is 8.72. The van der Waals surface area contributed by atoms with Crippen molar-refractivity contribution in [3.8, 4) is 0 Å². The van der Waals surface area contributed by atoms with Crippen molar-refractivity contribution in [1.82, 2.24) is 10.6 Å². The number of fused-ring (bicyclic) bond motifs is 1. The molecule has 0 radical (unpaired) electrons. The van der Waals surface area contributed by atoms with Gasteiger partial charge in [0.25, 0.3) is 0 Å². The SMILES string of the molecule is CN=C(NCCc1ccc(Cl)cc1)NCC1CC(=O)Nc2ccccc21. The number of nitrogens with one attached hydrogen (secondary N) is 3. The Morgan fingerprint density at radius 3 is 2.73 bits per heavy atom. The number of hydrogen-bond acceptors (Lipinski definition) is 2. The first-order valence-corrected chi connectivity index (χ1v) is 9.11. The normalized spacial score (nSPS) is 16.6. The van der Waals surface area contributed by atoms with Gasteiger partial charge in [-0.05, 0) is 35.7 Å². The molecule has 3 rings (SSSR count). The van der Waals surface area contributed by atoms with Gasteiger partial charge in [-0.2, -0.15) is 0 Å². The van der Waals surface area contributed by atoms with Crippen molar-refractivity contribution in [2.45, 2.75) is 18.8 Å². The topological polar surface area (TPSA) is 65.5 Å². The molecule has 0 bridgehead atoms. The molecule has 1 atom stereocenters. The number of guanidine groups is 1. The van der Waals surface area contributed by atoms with Crippen LogP contribution in [0.5, 0.6) is 0 Å². The van der Waals surface area contributed by atoms with Gasteiger partial charge in [-0.25, -0.2) is 0 Å². The average molecular weight is 371 g/mol. The lowest BCUT2D eigenvalue weighted by atomic mass is 9.90. The summed E-state index contributed by atoms with van der Waals surface area (Å²) in [6.45, 7) is 1.42. The van der Waals surface area contributed by atoms with Crippen LogP contribution in [0.4, 0.5) is 5.69 Å². The van der Waals surface area contributed by atoms with Gasteiger partial charge in [0.2, 0.25) is 5.91 Å². The van der Waals surface area contributed by atoms with Gasteiger partial charge in [-0.1, -0.05) is 41.9 Å². The van der Waals surface area contributed by atoms with Crippen molar-refractivity contribution < 1.29 is 4.79 Å². The number of rotatable bonds is 5. The predicted octanol–water partition coefficient (Wildman–Crippen LogP) is 3.17. The molecule has 2 aromatic rings. The number of para-hydroxylation sites is 1. The Balaban J connectivity index is 1.51. The highest BCUT2D eigenvalue weighted by Crippen LogP contribution is 2.31. The number of halogens is 1. The summed E-state index contributed by atoms with van der Waals surface area (Å²) in [6, 6.07) is 15.8. The smallest absolute Gasteiger partial charge is 0.225 e. The number of benzene rings is 2. The fraction of sp³-hybridized carbons (Fsp3) is 0.300. The number of aliphatic imine (C=N–C) groups is 1. The second-order valence-electron chi connectivity index (χ2n) is 6.29. The second-order valence-corrected chi connectivity index (χ2v) is 6.73. The summed E-state index contributed by atoms with van der Waals surface area (Å²) in [5.74, 6) is 0.929. The van der Waals surface area contributed by atoms with E-state index in [2.05, 4.69) is 27.0 Å². The molecule has 3 N–H and O–H groups in total. The molecule has 2 aromatic carbocycles. The maximum Gasteiger partial charge on any atom is 0.225 e. The Labute approximate surface area is 158 Å². The van der Waals surface area contributed by atoms with E-state index in [0.717, 1.165) is 35.2 Å². The first kappa shape index (κ1) is 18.3. The third kappa shape index (κ3) is 4.76.